The van der Waals surface area contributed by atoms with Gasteiger partial charge in [0.15, 0.2) is 5.96 Å². The minimum absolute atomic E-state index is 0.0961. The molecule has 11 N–H and O–H groups in total. The molecular weight excluding hydrogens is 694 g/mol. The summed E-state index contributed by atoms with van der Waals surface area (Å²) < 4.78 is 5.28. The summed E-state index contributed by atoms with van der Waals surface area (Å²) in [7, 11) is 0. The van der Waals surface area contributed by atoms with Gasteiger partial charge in [-0.2, -0.15) is 4.99 Å². The van der Waals surface area contributed by atoms with E-state index < -0.39 is 29.8 Å². The monoisotopic (exact) mass is 745 g/mol. The van der Waals surface area contributed by atoms with Crippen LogP contribution in [0.5, 0.6) is 5.75 Å². The highest BCUT2D eigenvalue weighted by molar-refractivity contribution is 5.94. The lowest BCUT2D eigenvalue weighted by Gasteiger charge is -2.23. The van der Waals surface area contributed by atoms with Crippen LogP contribution >= 0.6 is 0 Å². The second kappa shape index (κ2) is 23.5. The second-order valence-corrected chi connectivity index (χ2v) is 12.1. The first-order valence-corrected chi connectivity index (χ1v) is 17.8. The molecule has 3 aromatic rings. The molecule has 6 amide bonds. The number of phenolic OH excluding ortho intramolecular Hbond substituents is 1. The van der Waals surface area contributed by atoms with E-state index in [0.717, 1.165) is 5.56 Å². The van der Waals surface area contributed by atoms with Gasteiger partial charge in [0, 0.05) is 44.8 Å². The lowest BCUT2D eigenvalue weighted by atomic mass is 9.90. The maximum absolute atomic E-state index is 14.1. The number of nitrogens with two attached hydrogens (primary N) is 2. The molecule has 0 heterocycles. The lowest BCUT2D eigenvalue weighted by molar-refractivity contribution is -0.129. The number of aromatic hydroxyl groups is 1. The van der Waals surface area contributed by atoms with Crippen molar-refractivity contribution in [3.8, 4) is 5.75 Å². The first kappa shape index (κ1) is 42.4. The van der Waals surface area contributed by atoms with Crippen molar-refractivity contribution in [2.24, 2.45) is 16.5 Å². The second-order valence-electron chi connectivity index (χ2n) is 12.1. The zero-order valence-corrected chi connectivity index (χ0v) is 30.4. The maximum atomic E-state index is 14.1. The van der Waals surface area contributed by atoms with Crippen LogP contribution in [0.1, 0.15) is 55.2 Å². The number of nitrogens with one attached hydrogen (secondary N) is 6. The number of hydrogen-bond donors (Lipinski definition) is 9. The lowest BCUT2D eigenvalue weighted by Crippen LogP contribution is -2.48. The van der Waals surface area contributed by atoms with Crippen LogP contribution in [-0.2, 0) is 30.5 Å². The van der Waals surface area contributed by atoms with Crippen molar-refractivity contribution in [2.75, 3.05) is 44.7 Å². The average molecular weight is 746 g/mol. The van der Waals surface area contributed by atoms with Gasteiger partial charge < -0.3 is 53.2 Å². The van der Waals surface area contributed by atoms with E-state index in [0.29, 0.717) is 42.8 Å². The van der Waals surface area contributed by atoms with Crippen molar-refractivity contribution in [1.82, 2.24) is 26.6 Å². The molecule has 0 saturated heterocycles. The Morgan fingerprint density at radius 3 is 2.15 bits per heavy atom. The quantitative estimate of drug-likeness (QED) is 0.0432. The Morgan fingerprint density at radius 2 is 1.46 bits per heavy atom. The highest BCUT2D eigenvalue weighted by Crippen LogP contribution is 2.27. The number of urea groups is 1. The number of carbonyl (C=O) groups excluding carboxylic acids is 5. The smallest absolute Gasteiger partial charge is 0.344 e. The van der Waals surface area contributed by atoms with Gasteiger partial charge in [0.25, 0.3) is 0 Å². The molecule has 0 spiro atoms. The third-order valence-electron chi connectivity index (χ3n) is 7.94. The number of nitrogens with zero attached hydrogens (tertiary/aromatic N) is 1. The molecule has 0 aromatic heterocycles. The molecule has 54 heavy (non-hydrogen) atoms. The maximum Gasteiger partial charge on any atom is 0.344 e. The van der Waals surface area contributed by atoms with E-state index in [1.165, 1.54) is 12.1 Å². The van der Waals surface area contributed by atoms with Gasteiger partial charge in [0.1, 0.15) is 11.8 Å². The third-order valence-corrected chi connectivity index (χ3v) is 7.94. The van der Waals surface area contributed by atoms with Crippen molar-refractivity contribution in [3.05, 3.63) is 95.6 Å². The summed E-state index contributed by atoms with van der Waals surface area (Å²) in [5, 5.41) is 26.2. The summed E-state index contributed by atoms with van der Waals surface area (Å²) in [6, 6.07) is 20.8. The predicted molar refractivity (Wildman–Crippen MR) is 205 cm³/mol. The molecule has 16 nitrogen and oxygen atoms in total. The van der Waals surface area contributed by atoms with Gasteiger partial charge in [0.2, 0.25) is 23.6 Å². The summed E-state index contributed by atoms with van der Waals surface area (Å²) in [5.74, 6) is -2.02. The molecule has 2 atom stereocenters. The van der Waals surface area contributed by atoms with Crippen LogP contribution in [-0.4, -0.2) is 86.2 Å². The summed E-state index contributed by atoms with van der Waals surface area (Å²) in [4.78, 5) is 67.1. The van der Waals surface area contributed by atoms with Gasteiger partial charge in [-0.15, -0.1) is 0 Å². The molecule has 16 heteroatoms. The van der Waals surface area contributed by atoms with E-state index in [-0.39, 0.29) is 69.2 Å². The van der Waals surface area contributed by atoms with E-state index in [2.05, 4.69) is 36.9 Å². The fourth-order valence-electron chi connectivity index (χ4n) is 5.13. The standard InChI is InChI=1S/C38H51N9O7/c1-2-32(49)41-21-22-43-38(53)47-37(40)42-20-6-9-31(35(51)44-25-26-10-16-30(48)17-11-26)46-36(52)34(27-7-4-3-5-8-27)28-12-14-29(15-13-28)45-33(50)18-23-54-24-19-39/h3-5,7-8,10-17,31,34,48H,2,6,9,18-25,39H2,1H3,(H,41,49)(H,44,51)(H,45,50)(H,46,52)(H4,40,42,43,47,53)/t31-,34?/m1/s1. The van der Waals surface area contributed by atoms with Crippen LogP contribution in [0.25, 0.3) is 0 Å². The first-order chi connectivity index (χ1) is 26.1. The van der Waals surface area contributed by atoms with Crippen LogP contribution < -0.4 is 43.4 Å². The number of rotatable bonds is 21. The van der Waals surface area contributed by atoms with Crippen LogP contribution in [0.2, 0.25) is 0 Å². The Balaban J connectivity index is 1.69. The number of benzene rings is 3. The van der Waals surface area contributed by atoms with Crippen LogP contribution in [0.15, 0.2) is 83.9 Å². The molecule has 0 saturated carbocycles. The molecule has 0 aliphatic rings. The van der Waals surface area contributed by atoms with E-state index in [1.807, 2.05) is 30.3 Å². The highest BCUT2D eigenvalue weighted by atomic mass is 16.5. The molecule has 0 aliphatic heterocycles. The number of aliphatic imine (C=N–C) groups is 1. The Labute approximate surface area is 314 Å². The zero-order chi connectivity index (χ0) is 39.1. The molecule has 0 fully saturated rings. The summed E-state index contributed by atoms with van der Waals surface area (Å²) >= 11 is 0. The normalized spacial score (nSPS) is 12.1. The van der Waals surface area contributed by atoms with Gasteiger partial charge in [-0.1, -0.05) is 61.5 Å². The molecule has 3 aromatic carbocycles. The topological polar surface area (TPSA) is 251 Å². The molecule has 0 radical (unpaired) electrons. The largest absolute Gasteiger partial charge is 0.508 e. The van der Waals surface area contributed by atoms with Crippen LogP contribution in [0.4, 0.5) is 10.5 Å². The Bertz CT molecular complexity index is 1670. The SMILES string of the molecule is CCC(=O)NCCNC(=O)/N=C(/N)NCCC[C@@H](NC(=O)C(c1ccccc1)c1ccc(NC(=O)CCOCCN)cc1)C(=O)NCc1ccc(O)cc1. The fourth-order valence-corrected chi connectivity index (χ4v) is 5.13. The van der Waals surface area contributed by atoms with Crippen molar-refractivity contribution < 1.29 is 33.8 Å². The molecule has 1 unspecified atom stereocenters. The fraction of sp³-hybridized carbons (Fsp3) is 0.368. The van der Waals surface area contributed by atoms with Crippen molar-refractivity contribution in [3.63, 3.8) is 0 Å². The van der Waals surface area contributed by atoms with Crippen molar-refractivity contribution in [1.29, 1.82) is 0 Å². The minimum Gasteiger partial charge on any atom is -0.508 e. The zero-order valence-electron chi connectivity index (χ0n) is 30.4. The number of anilines is 1. The van der Waals surface area contributed by atoms with Gasteiger partial charge >= 0.3 is 6.03 Å². The molecule has 0 bridgehead atoms. The summed E-state index contributed by atoms with van der Waals surface area (Å²) in [6.07, 6.45) is 1.07. The number of guanidine groups is 1. The highest BCUT2D eigenvalue weighted by Gasteiger charge is 2.28. The molecular formula is C38H51N9O7. The third kappa shape index (κ3) is 15.7. The van der Waals surface area contributed by atoms with Gasteiger partial charge in [-0.05, 0) is 53.8 Å². The van der Waals surface area contributed by atoms with E-state index in [1.54, 1.807) is 43.3 Å². The molecule has 0 aliphatic carbocycles. The van der Waals surface area contributed by atoms with Crippen LogP contribution in [0, 0.1) is 0 Å². The Morgan fingerprint density at radius 1 is 0.778 bits per heavy atom. The van der Waals surface area contributed by atoms with Crippen molar-refractivity contribution in [2.45, 2.75) is 51.1 Å². The number of ether oxygens (including phenoxy) is 1. The number of carbonyl (C=O) groups is 5. The van der Waals surface area contributed by atoms with Gasteiger partial charge in [-0.3, -0.25) is 19.2 Å². The summed E-state index contributed by atoms with van der Waals surface area (Å²) in [6.45, 7) is 3.55. The van der Waals surface area contributed by atoms with E-state index in [4.69, 9.17) is 16.2 Å². The molecule has 290 valence electrons. The first-order valence-electron chi connectivity index (χ1n) is 17.8. The minimum atomic E-state index is -0.956. The predicted octanol–water partition coefficient (Wildman–Crippen LogP) is 1.55. The molecule has 3 rings (SSSR count). The Kier molecular flexibility index (Phi) is 18.5. The average Bonchev–Trinajstić information content (AvgIpc) is 3.17. The Hall–Kier alpha value is -6.00. The van der Waals surface area contributed by atoms with Crippen LogP contribution in [0.3, 0.4) is 0 Å². The number of phenols is 1. The van der Waals surface area contributed by atoms with Crippen molar-refractivity contribution >= 4 is 41.3 Å². The van der Waals surface area contributed by atoms with E-state index >= 15 is 0 Å². The number of hydrogen-bond acceptors (Lipinski definition) is 8. The number of amides is 6. The van der Waals surface area contributed by atoms with E-state index in [9.17, 15) is 29.1 Å². The summed E-state index contributed by atoms with van der Waals surface area (Å²) in [5.41, 5.74) is 13.9. The van der Waals surface area contributed by atoms with Gasteiger partial charge in [-0.25, -0.2) is 4.79 Å². The van der Waals surface area contributed by atoms with Gasteiger partial charge in [0.05, 0.1) is 25.6 Å².